The number of carbonyl (C=O) groups is 2. The fraction of sp³-hybridized carbons (Fsp3) is 0.500. The van der Waals surface area contributed by atoms with E-state index in [0.29, 0.717) is 8.93 Å². The Balaban J connectivity index is 3.73. The summed E-state index contributed by atoms with van der Waals surface area (Å²) < 4.78 is 6.70. The Kier molecular flexibility index (Phi) is 4.07. The standard InChI is InChI=1S/C4H6IO4S/c5-10-4(9)2(6)1-3(7)8/h2,5-6H,1H2,(H,7,8)/q-1/t2-/m0/s1/i5T. The Morgan fingerprint density at radius 1 is 1.80 bits per heavy atom. The number of rotatable bonds is 4. The molecule has 0 aromatic rings. The second-order valence-electron chi connectivity index (χ2n) is 1.51. The van der Waals surface area contributed by atoms with Crippen LogP contribution in [0.25, 0.3) is 0 Å². The summed E-state index contributed by atoms with van der Waals surface area (Å²) >= 11 is -1.03. The quantitative estimate of drug-likeness (QED) is 0.518. The third-order valence-electron chi connectivity index (χ3n) is 0.716. The van der Waals surface area contributed by atoms with Crippen molar-refractivity contribution in [3.8, 4) is 0 Å². The summed E-state index contributed by atoms with van der Waals surface area (Å²) in [5.74, 6) is -1.21. The van der Waals surface area contributed by atoms with Crippen LogP contribution in [-0.2, 0) is 9.59 Å². The van der Waals surface area contributed by atoms with Gasteiger partial charge in [-0.05, 0) is 0 Å². The molecule has 0 unspecified atom stereocenters. The molecule has 6 heteroatoms. The Bertz CT molecular complexity index is 164. The van der Waals surface area contributed by atoms with Crippen molar-refractivity contribution >= 4 is 20.0 Å². The van der Waals surface area contributed by atoms with Crippen LogP contribution in [0.3, 0.4) is 0 Å². The van der Waals surface area contributed by atoms with Gasteiger partial charge in [0.25, 0.3) is 0 Å². The summed E-state index contributed by atoms with van der Waals surface area (Å²) in [4.78, 5) is 20.6. The van der Waals surface area contributed by atoms with Crippen molar-refractivity contribution in [3.05, 3.63) is 0 Å². The third-order valence-corrected chi connectivity index (χ3v) is 2.44. The molecule has 0 radical (unpaired) electrons. The predicted molar refractivity (Wildman–Crippen MR) is 32.3 cm³/mol. The molecule has 0 spiro atoms. The molecule has 0 heterocycles. The van der Waals surface area contributed by atoms with Crippen molar-refractivity contribution in [2.45, 2.75) is 12.5 Å². The monoisotopic (exact) mass is 279 g/mol. The van der Waals surface area contributed by atoms with E-state index in [1.54, 1.807) is 0 Å². The molecule has 0 aliphatic heterocycles. The molecule has 60 valence electrons. The Morgan fingerprint density at radius 3 is 2.80 bits per heavy atom. The van der Waals surface area contributed by atoms with Crippen LogP contribution in [0.2, 0.25) is 0 Å². The second kappa shape index (κ2) is 4.91. The number of carbonyl (C=O) groups excluding carboxylic acids is 1. The average Bonchev–Trinajstić information content (AvgIpc) is 1.86. The molecule has 0 aliphatic rings. The van der Waals surface area contributed by atoms with Gasteiger partial charge in [0, 0.05) is 0 Å². The van der Waals surface area contributed by atoms with E-state index in [4.69, 9.17) is 10.8 Å². The Labute approximate surface area is 74.0 Å². The number of aliphatic hydroxyl groups excluding tert-OH is 1. The minimum absolute atomic E-state index is 0.574. The van der Waals surface area contributed by atoms with E-state index in [1.807, 2.05) is 0 Å². The molecule has 10 heavy (non-hydrogen) atoms. The summed E-state index contributed by atoms with van der Waals surface area (Å²) in [7, 11) is 0.706. The molecule has 2 N–H and O–H groups in total. The van der Waals surface area contributed by atoms with Crippen LogP contribution < -0.4 is 21.0 Å². The average molecular weight is 279 g/mol. The van der Waals surface area contributed by atoms with Crippen LogP contribution in [0.4, 0.5) is 0 Å². The molecule has 0 saturated carbocycles. The van der Waals surface area contributed by atoms with E-state index in [2.05, 4.69) is 0 Å². The van der Waals surface area contributed by atoms with E-state index < -0.39 is 44.6 Å². The first kappa shape index (κ1) is 8.28. The molecule has 4 nitrogen and oxygen atoms in total. The molecule has 0 rings (SSSR count). The molecular weight excluding hydrogens is 271 g/mol. The van der Waals surface area contributed by atoms with Gasteiger partial charge in [0.05, 0.1) is 0 Å². The molecular formula is C4H6IO4S-. The summed E-state index contributed by atoms with van der Waals surface area (Å²) in [6.07, 6.45) is -2.03. The van der Waals surface area contributed by atoms with Crippen LogP contribution in [-0.4, -0.2) is 28.0 Å². The number of carboxylic acids is 1. The first-order valence-electron chi connectivity index (χ1n) is 2.68. The van der Waals surface area contributed by atoms with Crippen LogP contribution >= 0.6 is 8.93 Å². The van der Waals surface area contributed by atoms with Crippen molar-refractivity contribution in [3.63, 3.8) is 0 Å². The van der Waals surface area contributed by atoms with Gasteiger partial charge < -0.3 is 0 Å². The molecule has 0 fully saturated rings. The van der Waals surface area contributed by atoms with Crippen LogP contribution in [0, 0.1) is 0 Å². The van der Waals surface area contributed by atoms with Gasteiger partial charge in [-0.3, -0.25) is 0 Å². The van der Waals surface area contributed by atoms with Gasteiger partial charge in [0.2, 0.25) is 0 Å². The molecule has 0 aromatic heterocycles. The maximum absolute atomic E-state index is 10.6. The zero-order valence-corrected chi connectivity index (χ0v) is 7.76. The third kappa shape index (κ3) is 4.07. The minimum atomic E-state index is -1.46. The van der Waals surface area contributed by atoms with Gasteiger partial charge in [-0.15, -0.1) is 0 Å². The number of aliphatic hydroxyl groups is 1. The van der Waals surface area contributed by atoms with Gasteiger partial charge in [-0.25, -0.2) is 0 Å². The number of aliphatic carboxylic acids is 1. The summed E-state index contributed by atoms with van der Waals surface area (Å²) in [5, 5.41) is 16.3. The van der Waals surface area contributed by atoms with Crippen molar-refractivity contribution in [1.29, 1.82) is 0.594 Å². The molecule has 1 atom stereocenters. The van der Waals surface area contributed by atoms with Gasteiger partial charge in [-0.2, -0.15) is 0 Å². The fourth-order valence-corrected chi connectivity index (χ4v) is 1.37. The van der Waals surface area contributed by atoms with E-state index in [9.17, 15) is 9.59 Å². The second-order valence-corrected chi connectivity index (χ2v) is 3.39. The van der Waals surface area contributed by atoms with Gasteiger partial charge in [0.15, 0.2) is 0 Å². The fourth-order valence-electron chi connectivity index (χ4n) is 0.300. The van der Waals surface area contributed by atoms with Crippen molar-refractivity contribution in [2.75, 3.05) is 0 Å². The Hall–Kier alpha value is 0.180. The summed E-state index contributed by atoms with van der Waals surface area (Å²) in [6, 6.07) is 0. The van der Waals surface area contributed by atoms with Crippen LogP contribution in [0.15, 0.2) is 0 Å². The zero-order chi connectivity index (χ0) is 8.85. The van der Waals surface area contributed by atoms with Gasteiger partial charge in [-0.1, -0.05) is 0 Å². The predicted octanol–water partition coefficient (Wildman–Crippen LogP) is -3.72. The molecule has 0 bridgehead atoms. The normalized spacial score (nSPS) is 14.3. The molecule has 0 saturated heterocycles. The number of carboxylic acid groups (broad SMARTS) is 1. The molecule has 0 aromatic carbocycles. The van der Waals surface area contributed by atoms with E-state index in [1.165, 1.54) is 0 Å². The zero-order valence-electron chi connectivity index (χ0n) is 5.78. The maximum atomic E-state index is 10.6. The van der Waals surface area contributed by atoms with Gasteiger partial charge in [0.1, 0.15) is 0 Å². The number of halogens is 1. The van der Waals surface area contributed by atoms with E-state index in [-0.39, 0.29) is 0 Å². The van der Waals surface area contributed by atoms with Crippen LogP contribution in [0.5, 0.6) is 0 Å². The summed E-state index contributed by atoms with van der Waals surface area (Å²) in [5.41, 5.74) is 0. The summed E-state index contributed by atoms with van der Waals surface area (Å²) in [6.45, 7) is 0. The number of hydrogen-bond acceptors (Lipinski definition) is 4. The van der Waals surface area contributed by atoms with Gasteiger partial charge >= 0.3 is 73.9 Å². The first-order chi connectivity index (χ1) is 5.07. The van der Waals surface area contributed by atoms with Crippen molar-refractivity contribution in [1.82, 2.24) is 0 Å². The van der Waals surface area contributed by atoms with E-state index >= 15 is 0 Å². The Morgan fingerprint density at radius 2 is 2.40 bits per heavy atom. The van der Waals surface area contributed by atoms with Crippen molar-refractivity contribution in [2.24, 2.45) is 0 Å². The van der Waals surface area contributed by atoms with E-state index in [0.717, 1.165) is 0 Å². The molecule has 0 aliphatic carbocycles. The van der Waals surface area contributed by atoms with Crippen molar-refractivity contribution < 1.29 is 40.8 Å². The number of hydrogen-bond donors (Lipinski definition) is 2. The SMILES string of the molecule is [3H][I-]SC(=O)[C@@H](O)CC(=O)O. The topological polar surface area (TPSA) is 74.6 Å². The first-order valence-corrected chi connectivity index (χ1v) is 5.66. The van der Waals surface area contributed by atoms with Crippen LogP contribution in [0.1, 0.15) is 6.42 Å². The molecule has 0 amide bonds.